The second kappa shape index (κ2) is 8.49. The Labute approximate surface area is 140 Å². The van der Waals surface area contributed by atoms with Crippen LogP contribution in [-0.4, -0.2) is 29.9 Å². The summed E-state index contributed by atoms with van der Waals surface area (Å²) in [6.07, 6.45) is 7.42. The molecule has 1 N–H and O–H groups in total. The number of isocyanates is 1. The van der Waals surface area contributed by atoms with Crippen molar-refractivity contribution in [2.24, 2.45) is 16.8 Å². The molecule has 23 heavy (non-hydrogen) atoms. The van der Waals surface area contributed by atoms with Gasteiger partial charge in [-0.1, -0.05) is 19.8 Å². The van der Waals surface area contributed by atoms with Crippen LogP contribution in [-0.2, 0) is 9.53 Å². The summed E-state index contributed by atoms with van der Waals surface area (Å²) in [7, 11) is 0. The van der Waals surface area contributed by atoms with E-state index < -0.39 is 5.54 Å². The van der Waals surface area contributed by atoms with Crippen molar-refractivity contribution in [3.8, 4) is 0 Å². The second-order valence-corrected chi connectivity index (χ2v) is 7.75. The lowest BCUT2D eigenvalue weighted by Crippen LogP contribution is -2.51. The standard InChI is InChI=1S/C18H32N2O3/c1-6-7-11-23-16(22)20-18(4,5)15-10-8-9-14(12-15)17(2,3)19-13-21/h14-15H,6-12H2,1-5H3,(H,20,22). The van der Waals surface area contributed by atoms with Crippen LogP contribution < -0.4 is 5.32 Å². The first kappa shape index (κ1) is 19.7. The molecule has 1 aliphatic rings. The molecule has 5 nitrogen and oxygen atoms in total. The molecule has 0 heterocycles. The molecule has 0 aliphatic heterocycles. The van der Waals surface area contributed by atoms with Crippen LogP contribution in [0.15, 0.2) is 4.99 Å². The largest absolute Gasteiger partial charge is 0.450 e. The van der Waals surface area contributed by atoms with Crippen molar-refractivity contribution in [3.05, 3.63) is 0 Å². The van der Waals surface area contributed by atoms with E-state index >= 15 is 0 Å². The van der Waals surface area contributed by atoms with Gasteiger partial charge in [-0.05, 0) is 65.2 Å². The number of hydrogen-bond donors (Lipinski definition) is 1. The van der Waals surface area contributed by atoms with E-state index in [4.69, 9.17) is 4.74 Å². The van der Waals surface area contributed by atoms with Gasteiger partial charge >= 0.3 is 6.09 Å². The normalized spacial score (nSPS) is 22.1. The maximum atomic E-state index is 12.0. The lowest BCUT2D eigenvalue weighted by Gasteiger charge is -2.43. The summed E-state index contributed by atoms with van der Waals surface area (Å²) in [6.45, 7) is 10.6. The molecular weight excluding hydrogens is 292 g/mol. The predicted molar refractivity (Wildman–Crippen MR) is 91.1 cm³/mol. The fourth-order valence-corrected chi connectivity index (χ4v) is 3.41. The Bertz CT molecular complexity index is 440. The molecule has 0 saturated heterocycles. The monoisotopic (exact) mass is 324 g/mol. The van der Waals surface area contributed by atoms with Gasteiger partial charge in [-0.15, -0.1) is 0 Å². The van der Waals surface area contributed by atoms with E-state index in [1.165, 1.54) is 0 Å². The minimum atomic E-state index is -0.391. The van der Waals surface area contributed by atoms with E-state index in [1.54, 1.807) is 6.08 Å². The molecule has 132 valence electrons. The first-order chi connectivity index (χ1) is 10.7. The number of carbonyl (C=O) groups excluding carboxylic acids is 2. The van der Waals surface area contributed by atoms with Gasteiger partial charge in [0, 0.05) is 5.54 Å². The molecule has 1 amide bonds. The summed E-state index contributed by atoms with van der Waals surface area (Å²) < 4.78 is 5.22. The van der Waals surface area contributed by atoms with Crippen LogP contribution >= 0.6 is 0 Å². The maximum absolute atomic E-state index is 12.0. The Hall–Kier alpha value is -1.35. The number of hydrogen-bond acceptors (Lipinski definition) is 4. The molecular formula is C18H32N2O3. The van der Waals surface area contributed by atoms with E-state index in [-0.39, 0.29) is 11.6 Å². The Morgan fingerprint density at radius 1 is 1.26 bits per heavy atom. The van der Waals surface area contributed by atoms with E-state index in [1.807, 2.05) is 13.8 Å². The third-order valence-electron chi connectivity index (χ3n) is 5.18. The summed E-state index contributed by atoms with van der Waals surface area (Å²) in [4.78, 5) is 26.6. The zero-order valence-corrected chi connectivity index (χ0v) is 15.3. The highest BCUT2D eigenvalue weighted by atomic mass is 16.5. The SMILES string of the molecule is CCCCOC(=O)NC(C)(C)C1CCCC(C(C)(C)N=C=O)C1. The third-order valence-corrected chi connectivity index (χ3v) is 5.18. The molecule has 2 unspecified atom stereocenters. The molecule has 0 bridgehead atoms. The van der Waals surface area contributed by atoms with Crippen LogP contribution in [0.2, 0.25) is 0 Å². The van der Waals surface area contributed by atoms with E-state index in [9.17, 15) is 9.59 Å². The first-order valence-corrected chi connectivity index (χ1v) is 8.77. The highest BCUT2D eigenvalue weighted by Crippen LogP contribution is 2.41. The van der Waals surface area contributed by atoms with Crippen molar-refractivity contribution < 1.29 is 14.3 Å². The maximum Gasteiger partial charge on any atom is 0.407 e. The zero-order chi connectivity index (χ0) is 17.5. The summed E-state index contributed by atoms with van der Waals surface area (Å²) >= 11 is 0. The van der Waals surface area contributed by atoms with Crippen LogP contribution in [0.1, 0.15) is 73.1 Å². The number of aliphatic imine (C=N–C) groups is 1. The topological polar surface area (TPSA) is 67.8 Å². The Morgan fingerprint density at radius 2 is 1.91 bits per heavy atom. The lowest BCUT2D eigenvalue weighted by atomic mass is 9.67. The molecule has 5 heteroatoms. The fraction of sp³-hybridized carbons (Fsp3) is 0.889. The highest BCUT2D eigenvalue weighted by Gasteiger charge is 2.40. The predicted octanol–water partition coefficient (Wildman–Crippen LogP) is 4.21. The van der Waals surface area contributed by atoms with Gasteiger partial charge < -0.3 is 10.1 Å². The van der Waals surface area contributed by atoms with Crippen LogP contribution in [0.3, 0.4) is 0 Å². The van der Waals surface area contributed by atoms with E-state index in [2.05, 4.69) is 31.1 Å². The Morgan fingerprint density at radius 3 is 2.52 bits per heavy atom. The number of alkyl carbamates (subject to hydrolysis) is 1. The number of ether oxygens (including phenoxy) is 1. The average Bonchev–Trinajstić information content (AvgIpc) is 2.47. The Balaban J connectivity index is 2.65. The van der Waals surface area contributed by atoms with Gasteiger partial charge in [-0.2, -0.15) is 4.99 Å². The number of amides is 1. The molecule has 0 aromatic carbocycles. The summed E-state index contributed by atoms with van der Waals surface area (Å²) in [5, 5.41) is 3.02. The quantitative estimate of drug-likeness (QED) is 0.433. The van der Waals surface area contributed by atoms with Crippen molar-refractivity contribution in [2.75, 3.05) is 6.61 Å². The third kappa shape index (κ3) is 5.98. The molecule has 1 rings (SSSR count). The number of nitrogens with zero attached hydrogens (tertiary/aromatic N) is 1. The Kier molecular flexibility index (Phi) is 7.27. The summed E-state index contributed by atoms with van der Waals surface area (Å²) in [5.74, 6) is 0.681. The van der Waals surface area contributed by atoms with Crippen molar-refractivity contribution >= 4 is 12.2 Å². The molecule has 2 atom stereocenters. The number of nitrogens with one attached hydrogen (secondary N) is 1. The van der Waals surface area contributed by atoms with Crippen LogP contribution in [0.4, 0.5) is 4.79 Å². The van der Waals surface area contributed by atoms with E-state index in [0.717, 1.165) is 38.5 Å². The van der Waals surface area contributed by atoms with Crippen LogP contribution in [0, 0.1) is 11.8 Å². The number of unbranched alkanes of at least 4 members (excludes halogenated alkanes) is 1. The van der Waals surface area contributed by atoms with Crippen molar-refractivity contribution in [1.29, 1.82) is 0 Å². The van der Waals surface area contributed by atoms with Gasteiger partial charge in [0.25, 0.3) is 0 Å². The van der Waals surface area contributed by atoms with Crippen LogP contribution in [0.5, 0.6) is 0 Å². The lowest BCUT2D eigenvalue weighted by molar-refractivity contribution is 0.0986. The zero-order valence-electron chi connectivity index (χ0n) is 15.3. The molecule has 1 aliphatic carbocycles. The highest BCUT2D eigenvalue weighted by molar-refractivity contribution is 5.68. The molecule has 0 spiro atoms. The van der Waals surface area contributed by atoms with Crippen LogP contribution in [0.25, 0.3) is 0 Å². The minimum Gasteiger partial charge on any atom is -0.450 e. The van der Waals surface area contributed by atoms with Gasteiger partial charge in [-0.3, -0.25) is 0 Å². The fourth-order valence-electron chi connectivity index (χ4n) is 3.41. The minimum absolute atomic E-state index is 0.330. The molecule has 0 aromatic heterocycles. The summed E-state index contributed by atoms with van der Waals surface area (Å²) in [5.41, 5.74) is -0.721. The van der Waals surface area contributed by atoms with Gasteiger partial charge in [0.1, 0.15) is 0 Å². The van der Waals surface area contributed by atoms with Gasteiger partial charge in [0.2, 0.25) is 6.08 Å². The summed E-state index contributed by atoms with van der Waals surface area (Å²) in [6, 6.07) is 0. The number of rotatable bonds is 7. The number of carbonyl (C=O) groups is 1. The second-order valence-electron chi connectivity index (χ2n) is 7.75. The van der Waals surface area contributed by atoms with Gasteiger partial charge in [0.05, 0.1) is 12.1 Å². The first-order valence-electron chi connectivity index (χ1n) is 8.77. The van der Waals surface area contributed by atoms with Gasteiger partial charge in [0.15, 0.2) is 0 Å². The van der Waals surface area contributed by atoms with Gasteiger partial charge in [-0.25, -0.2) is 9.59 Å². The molecule has 1 saturated carbocycles. The van der Waals surface area contributed by atoms with Crippen molar-refractivity contribution in [2.45, 2.75) is 84.2 Å². The average molecular weight is 324 g/mol. The molecule has 0 radical (unpaired) electrons. The molecule has 0 aromatic rings. The van der Waals surface area contributed by atoms with Crippen molar-refractivity contribution in [1.82, 2.24) is 5.32 Å². The van der Waals surface area contributed by atoms with Crippen molar-refractivity contribution in [3.63, 3.8) is 0 Å². The smallest absolute Gasteiger partial charge is 0.407 e. The molecule has 1 fully saturated rings. The van der Waals surface area contributed by atoms with E-state index in [0.29, 0.717) is 18.4 Å².